The quantitative estimate of drug-likeness (QED) is 0.292. The number of aliphatic hydroxyl groups excluding tert-OH is 1. The van der Waals surface area contributed by atoms with Gasteiger partial charge in [-0.15, -0.1) is 0 Å². The van der Waals surface area contributed by atoms with E-state index in [1.54, 1.807) is 37.4 Å². The number of fused-ring (bicyclic) bond motifs is 2. The van der Waals surface area contributed by atoms with Crippen molar-refractivity contribution in [2.24, 2.45) is 0 Å². The summed E-state index contributed by atoms with van der Waals surface area (Å²) in [4.78, 5) is 29.9. The number of rotatable bonds is 11. The molecule has 3 heterocycles. The lowest BCUT2D eigenvalue weighted by molar-refractivity contribution is -0.167. The highest BCUT2D eigenvalue weighted by atomic mass is 31.2. The van der Waals surface area contributed by atoms with E-state index in [2.05, 4.69) is 26.1 Å². The Morgan fingerprint density at radius 2 is 2.10 bits per heavy atom. The van der Waals surface area contributed by atoms with Gasteiger partial charge in [-0.3, -0.25) is 9.36 Å². The van der Waals surface area contributed by atoms with Gasteiger partial charge in [0, 0.05) is 37.9 Å². The molecule has 0 radical (unpaired) electrons. The van der Waals surface area contributed by atoms with Crippen molar-refractivity contribution in [2.75, 3.05) is 25.6 Å². The van der Waals surface area contributed by atoms with Gasteiger partial charge in [-0.2, -0.15) is 10.2 Å². The highest BCUT2D eigenvalue weighted by Gasteiger charge is 2.62. The van der Waals surface area contributed by atoms with Crippen LogP contribution in [0.2, 0.25) is 0 Å². The second-order valence-corrected chi connectivity index (χ2v) is 11.6. The molecule has 5 atom stereocenters. The monoisotopic (exact) mass is 592 g/mol. The van der Waals surface area contributed by atoms with Crippen molar-refractivity contribution in [3.63, 3.8) is 0 Å². The number of aryl methyl sites for hydroxylation is 1. The standard InChI is InChI=1S/C27H36N5O6P.CH4O/c1-17(2)32(18(3)4)39(36-14-10-13-28)38-22-21-25(37-27(22,6)16-35-21)31-15-19(5)23(30-26(31)34)29-24(33)20-11-8-7-9-12-20;1-2/h7-9,11-12,15,17-18,21-22,25H,10,14,16H2,1-6H3,(H,29,30,33,34);2H,1H3/t21-,22+,25-,27+,39?;/m1./s1/i6D;2T. The van der Waals surface area contributed by atoms with Crippen molar-refractivity contribution in [2.45, 2.75) is 84.1 Å². The van der Waals surface area contributed by atoms with Gasteiger partial charge in [-0.05, 0) is 53.7 Å². The minimum Gasteiger partial charge on any atom is -0.400 e. The van der Waals surface area contributed by atoms with Crippen molar-refractivity contribution in [3.8, 4) is 6.07 Å². The van der Waals surface area contributed by atoms with E-state index in [1.807, 2.05) is 33.8 Å². The predicted octanol–water partition coefficient (Wildman–Crippen LogP) is 3.76. The van der Waals surface area contributed by atoms with Crippen molar-refractivity contribution in [3.05, 3.63) is 58.1 Å². The first kappa shape index (κ1) is 29.7. The third-order valence-electron chi connectivity index (χ3n) is 6.52. The summed E-state index contributed by atoms with van der Waals surface area (Å²) in [5, 5.41) is 15.2. The molecule has 2 saturated heterocycles. The normalized spacial score (nSPS) is 24.4. The number of hydrogen-bond acceptors (Lipinski definition) is 10. The number of aliphatic hydroxyl groups is 1. The fourth-order valence-corrected chi connectivity index (χ4v) is 6.56. The first-order valence-corrected chi connectivity index (χ1v) is 14.5. The fraction of sp³-hybridized carbons (Fsp3) is 0.571. The van der Waals surface area contributed by atoms with E-state index in [-0.39, 0.29) is 50.3 Å². The van der Waals surface area contributed by atoms with E-state index in [0.29, 0.717) is 11.1 Å². The van der Waals surface area contributed by atoms with Crippen molar-refractivity contribution < 1.29 is 29.8 Å². The van der Waals surface area contributed by atoms with Crippen LogP contribution < -0.4 is 11.0 Å². The highest BCUT2D eigenvalue weighted by Crippen LogP contribution is 2.54. The molecule has 4 rings (SSSR count). The van der Waals surface area contributed by atoms with E-state index < -0.39 is 38.3 Å². The number of carbonyl (C=O) groups excluding carboxylic acids is 1. The smallest absolute Gasteiger partial charge is 0.351 e. The lowest BCUT2D eigenvalue weighted by atomic mass is 10.0. The van der Waals surface area contributed by atoms with E-state index >= 15 is 0 Å². The van der Waals surface area contributed by atoms with Gasteiger partial charge >= 0.3 is 5.69 Å². The Kier molecular flexibility index (Phi) is 10.5. The van der Waals surface area contributed by atoms with Crippen LogP contribution in [0.15, 0.2) is 41.3 Å². The summed E-state index contributed by atoms with van der Waals surface area (Å²) in [6.07, 6.45) is -0.482. The summed E-state index contributed by atoms with van der Waals surface area (Å²) in [6, 6.07) is 10.9. The van der Waals surface area contributed by atoms with Crippen molar-refractivity contribution in [1.82, 2.24) is 14.2 Å². The maximum atomic E-state index is 13.2. The molecule has 1 aromatic carbocycles. The third-order valence-corrected chi connectivity index (χ3v) is 8.63. The van der Waals surface area contributed by atoms with Gasteiger partial charge < -0.3 is 28.9 Å². The zero-order valence-electron chi connectivity index (χ0n) is 26.3. The predicted molar refractivity (Wildman–Crippen MR) is 154 cm³/mol. The van der Waals surface area contributed by atoms with Gasteiger partial charge in [0.25, 0.3) is 14.4 Å². The summed E-state index contributed by atoms with van der Waals surface area (Å²) in [6.45, 7) is 10.1. The Labute approximate surface area is 245 Å². The molecule has 0 aliphatic carbocycles. The molecule has 1 aromatic heterocycles. The molecule has 2 bridgehead atoms. The van der Waals surface area contributed by atoms with Crippen LogP contribution in [0.3, 0.4) is 0 Å². The van der Waals surface area contributed by atoms with Crippen LogP contribution in [-0.2, 0) is 18.5 Å². The third kappa shape index (κ3) is 7.37. The van der Waals surface area contributed by atoms with Crippen LogP contribution in [-0.4, -0.2) is 76.9 Å². The lowest BCUT2D eigenvalue weighted by Crippen LogP contribution is -2.40. The second-order valence-electron chi connectivity index (χ2n) is 10.2. The Morgan fingerprint density at radius 1 is 1.41 bits per heavy atom. The molecular formula is C28H40N5O7P. The molecule has 224 valence electrons. The van der Waals surface area contributed by atoms with Crippen LogP contribution in [0.25, 0.3) is 0 Å². The Balaban J connectivity index is 0.00000162. The number of anilines is 1. The van der Waals surface area contributed by atoms with E-state index in [4.69, 9.17) is 26.6 Å². The number of nitriles is 1. The number of benzene rings is 1. The lowest BCUT2D eigenvalue weighted by Gasteiger charge is -2.38. The fourth-order valence-electron chi connectivity index (χ4n) is 4.75. The molecule has 12 nitrogen and oxygen atoms in total. The molecule has 2 N–H and O–H groups in total. The summed E-state index contributed by atoms with van der Waals surface area (Å²) in [5.74, 6) is -0.222. The molecule has 0 saturated carbocycles. The SMILES string of the molecule is [2H]C[C@@]12CO[C@@H]([C@H](n3cc(C)c(NC(=O)c4ccccc4)nc3=O)O1)[C@@H]2OP(OCCC#N)N(C(C)C)C(C)C.[3H]OC. The molecular weight excluding hydrogens is 549 g/mol. The van der Waals surface area contributed by atoms with E-state index in [0.717, 1.165) is 0 Å². The molecule has 2 aliphatic rings. The van der Waals surface area contributed by atoms with Gasteiger partial charge in [0.2, 0.25) is 1.43 Å². The zero-order valence-corrected chi connectivity index (χ0v) is 25.2. The van der Waals surface area contributed by atoms with Gasteiger partial charge in [0.05, 0.1) is 25.7 Å². The summed E-state index contributed by atoms with van der Waals surface area (Å²) < 4.78 is 42.5. The van der Waals surface area contributed by atoms with Crippen molar-refractivity contribution in [1.29, 1.82) is 6.69 Å². The molecule has 2 aromatic rings. The first-order chi connectivity index (χ1) is 20.5. The average molecular weight is 593 g/mol. The largest absolute Gasteiger partial charge is 0.400 e. The van der Waals surface area contributed by atoms with Crippen LogP contribution >= 0.6 is 8.53 Å². The van der Waals surface area contributed by atoms with Gasteiger partial charge in [-0.1, -0.05) is 18.2 Å². The van der Waals surface area contributed by atoms with E-state index in [9.17, 15) is 9.59 Å². The maximum absolute atomic E-state index is 13.2. The minimum absolute atomic E-state index is 0.0879. The molecule has 13 heteroatoms. The molecule has 1 amide bonds. The number of ether oxygens (including phenoxy) is 2. The molecule has 0 spiro atoms. The van der Waals surface area contributed by atoms with Gasteiger partial charge in [-0.25, -0.2) is 9.46 Å². The maximum Gasteiger partial charge on any atom is 0.351 e. The molecule has 2 fully saturated rings. The number of aromatic nitrogens is 2. The summed E-state index contributed by atoms with van der Waals surface area (Å²) in [5.41, 5.74) is -0.741. The molecule has 41 heavy (non-hydrogen) atoms. The Morgan fingerprint density at radius 3 is 2.71 bits per heavy atom. The Bertz CT molecular complexity index is 1300. The number of nitrogens with zero attached hydrogens (tertiary/aromatic N) is 4. The highest BCUT2D eigenvalue weighted by molar-refractivity contribution is 7.44. The first-order valence-electron chi connectivity index (χ1n) is 14.4. The average Bonchev–Trinajstić information content (AvgIpc) is 3.47. The molecule has 1 unspecified atom stereocenters. The topological polar surface area (TPSA) is 148 Å². The minimum atomic E-state index is -1.63. The number of hydrogen-bond donors (Lipinski definition) is 2. The van der Waals surface area contributed by atoms with Crippen LogP contribution in [0, 0.1) is 18.3 Å². The number of carbonyl (C=O) groups is 1. The van der Waals surface area contributed by atoms with Crippen LogP contribution in [0.1, 0.15) is 64.5 Å². The summed E-state index contributed by atoms with van der Waals surface area (Å²) in [7, 11) is -0.336. The van der Waals surface area contributed by atoms with Crippen LogP contribution in [0.5, 0.6) is 0 Å². The zero-order chi connectivity index (χ0) is 31.7. The van der Waals surface area contributed by atoms with E-state index in [1.165, 1.54) is 11.7 Å². The second kappa shape index (κ2) is 14.4. The van der Waals surface area contributed by atoms with Gasteiger partial charge in [0.15, 0.2) is 6.23 Å². The number of amides is 1. The molecule has 2 aliphatic heterocycles. The Hall–Kier alpha value is -2.75. The van der Waals surface area contributed by atoms with Crippen molar-refractivity contribution >= 4 is 20.3 Å². The van der Waals surface area contributed by atoms with Gasteiger partial charge in [0.1, 0.15) is 23.6 Å². The number of nitrogens with one attached hydrogen (secondary N) is 1. The summed E-state index contributed by atoms with van der Waals surface area (Å²) >= 11 is 0. The van der Waals surface area contributed by atoms with Crippen LogP contribution in [0.4, 0.5) is 5.82 Å².